The van der Waals surface area contributed by atoms with Crippen LogP contribution in [0, 0.1) is 0 Å². The molecule has 5 heteroatoms. The Labute approximate surface area is 328 Å². The first kappa shape index (κ1) is 29.9. The third kappa shape index (κ3) is 3.77. The zero-order chi connectivity index (χ0) is 36.9. The van der Waals surface area contributed by atoms with Crippen LogP contribution < -0.4 is 0 Å². The fraction of sp³-hybridized carbons (Fsp3) is 0. The predicted molar refractivity (Wildman–Crippen MR) is 242 cm³/mol. The van der Waals surface area contributed by atoms with Crippen LogP contribution in [-0.2, 0) is 0 Å². The van der Waals surface area contributed by atoms with E-state index in [4.69, 9.17) is 9.97 Å². The highest BCUT2D eigenvalue weighted by Gasteiger charge is 2.27. The van der Waals surface area contributed by atoms with Crippen molar-refractivity contribution in [2.24, 2.45) is 0 Å². The molecule has 262 valence electrons. The maximum absolute atomic E-state index is 5.57. The minimum absolute atomic E-state index is 0.670. The van der Waals surface area contributed by atoms with Crippen molar-refractivity contribution in [1.82, 2.24) is 18.9 Å². The molecule has 0 spiro atoms. The summed E-state index contributed by atoms with van der Waals surface area (Å²) in [7, 11) is 0. The molecule has 0 aliphatic rings. The molecule has 0 aliphatic carbocycles. The van der Waals surface area contributed by atoms with Crippen LogP contribution in [0.5, 0.6) is 0 Å². The lowest BCUT2D eigenvalue weighted by Gasteiger charge is -2.14. The first-order chi connectivity index (χ1) is 28.3. The average Bonchev–Trinajstić information content (AvgIpc) is 3.90. The molecule has 0 aliphatic heterocycles. The van der Waals surface area contributed by atoms with E-state index < -0.39 is 0 Å². The van der Waals surface area contributed by atoms with Gasteiger partial charge in [-0.3, -0.25) is 4.57 Å². The van der Waals surface area contributed by atoms with Crippen molar-refractivity contribution in [2.75, 3.05) is 0 Å². The van der Waals surface area contributed by atoms with Gasteiger partial charge in [-0.2, -0.15) is 0 Å². The molecule has 5 aromatic heterocycles. The molecule has 57 heavy (non-hydrogen) atoms. The minimum Gasteiger partial charge on any atom is -0.307 e. The van der Waals surface area contributed by atoms with Crippen LogP contribution in [0.4, 0.5) is 0 Å². The van der Waals surface area contributed by atoms with Crippen molar-refractivity contribution in [1.29, 1.82) is 0 Å². The van der Waals surface area contributed by atoms with Gasteiger partial charge >= 0.3 is 0 Å². The molecule has 0 saturated heterocycles. The highest BCUT2D eigenvalue weighted by Crippen LogP contribution is 2.50. The fourth-order valence-electron chi connectivity index (χ4n) is 10.1. The molecular weight excluding hydrogens is 713 g/mol. The van der Waals surface area contributed by atoms with Crippen LogP contribution >= 0.6 is 11.3 Å². The summed E-state index contributed by atoms with van der Waals surface area (Å²) in [6.07, 6.45) is 0. The summed E-state index contributed by atoms with van der Waals surface area (Å²) in [5.41, 5.74) is 8.85. The lowest BCUT2D eigenvalue weighted by Crippen LogP contribution is -2.04. The lowest BCUT2D eigenvalue weighted by atomic mass is 9.98. The van der Waals surface area contributed by atoms with E-state index in [9.17, 15) is 0 Å². The molecule has 4 nitrogen and oxygen atoms in total. The number of aromatic nitrogens is 4. The average molecular weight is 741 g/mol. The van der Waals surface area contributed by atoms with E-state index in [2.05, 4.69) is 179 Å². The van der Waals surface area contributed by atoms with Gasteiger partial charge in [-0.15, -0.1) is 11.3 Å². The molecule has 9 aromatic carbocycles. The second-order valence-corrected chi connectivity index (χ2v) is 16.4. The molecule has 0 atom stereocenters. The highest BCUT2D eigenvalue weighted by molar-refractivity contribution is 7.26. The Morgan fingerprint density at radius 2 is 1.11 bits per heavy atom. The zero-order valence-electron chi connectivity index (χ0n) is 30.4. The third-order valence-electron chi connectivity index (χ3n) is 12.4. The molecule has 0 saturated carbocycles. The van der Waals surface area contributed by atoms with E-state index in [1.165, 1.54) is 79.8 Å². The van der Waals surface area contributed by atoms with Crippen LogP contribution in [0.1, 0.15) is 0 Å². The molecule has 5 heterocycles. The smallest absolute Gasteiger partial charge is 0.235 e. The number of fused-ring (bicyclic) bond motifs is 14. The van der Waals surface area contributed by atoms with E-state index >= 15 is 0 Å². The summed E-state index contributed by atoms with van der Waals surface area (Å²) in [5.74, 6) is 0.670. The molecule has 0 fully saturated rings. The van der Waals surface area contributed by atoms with Crippen molar-refractivity contribution in [2.45, 2.75) is 0 Å². The quantitative estimate of drug-likeness (QED) is 0.165. The Hall–Kier alpha value is -7.34. The molecule has 14 aromatic rings. The Morgan fingerprint density at radius 1 is 0.386 bits per heavy atom. The standard InChI is InChI=1S/C52H28N4S/c1-2-14-30(15-3-1)48-37-26-25-29-13-4-7-18-33(29)49(37)54-52(53-48)55-40-23-12-21-34-38-27-31-16-5-6-17-32(31)44-35-19-8-10-22-39(35)56(50(38)44)51-46-36-20-9-11-24-42(36)57-43(46)28-41(55)47(51)45(34)40/h1-28H. The van der Waals surface area contributed by atoms with E-state index in [0.29, 0.717) is 5.95 Å². The van der Waals surface area contributed by atoms with E-state index in [1.807, 2.05) is 11.3 Å². The zero-order valence-corrected chi connectivity index (χ0v) is 31.2. The minimum atomic E-state index is 0.670. The fourth-order valence-corrected chi connectivity index (χ4v) is 11.2. The number of rotatable bonds is 2. The Morgan fingerprint density at radius 3 is 2.00 bits per heavy atom. The summed E-state index contributed by atoms with van der Waals surface area (Å²) in [4.78, 5) is 11.1. The first-order valence-corrected chi connectivity index (χ1v) is 20.2. The second kappa shape index (κ2) is 10.7. The Kier molecular flexibility index (Phi) is 5.62. The summed E-state index contributed by atoms with van der Waals surface area (Å²) in [5, 5.41) is 15.9. The molecule has 0 radical (unpaired) electrons. The van der Waals surface area contributed by atoms with Crippen molar-refractivity contribution < 1.29 is 0 Å². The number of benzene rings is 9. The second-order valence-electron chi connectivity index (χ2n) is 15.3. The molecule has 14 rings (SSSR count). The van der Waals surface area contributed by atoms with E-state index in [1.54, 1.807) is 0 Å². The van der Waals surface area contributed by atoms with Crippen LogP contribution in [-0.4, -0.2) is 18.9 Å². The highest BCUT2D eigenvalue weighted by atomic mass is 32.1. The van der Waals surface area contributed by atoms with Crippen molar-refractivity contribution in [3.63, 3.8) is 0 Å². The number of hydrogen-bond acceptors (Lipinski definition) is 3. The maximum atomic E-state index is 5.57. The van der Waals surface area contributed by atoms with Crippen LogP contribution in [0.15, 0.2) is 170 Å². The van der Waals surface area contributed by atoms with Gasteiger partial charge in [0.1, 0.15) is 0 Å². The summed E-state index contributed by atoms with van der Waals surface area (Å²) in [6.45, 7) is 0. The Bertz CT molecular complexity index is 4040. The third-order valence-corrected chi connectivity index (χ3v) is 13.5. The first-order valence-electron chi connectivity index (χ1n) is 19.4. The number of para-hydroxylation sites is 1. The van der Waals surface area contributed by atoms with Gasteiger partial charge in [0.15, 0.2) is 0 Å². The van der Waals surface area contributed by atoms with Gasteiger partial charge in [-0.05, 0) is 57.9 Å². The monoisotopic (exact) mass is 740 g/mol. The predicted octanol–water partition coefficient (Wildman–Crippen LogP) is 14.2. The van der Waals surface area contributed by atoms with Gasteiger partial charge in [0, 0.05) is 63.4 Å². The SMILES string of the molecule is c1ccc(-c2nc(-n3c4cccc5c6cc7ccccc7c7c8ccccc8n(c67)c6c7c(cc3c6c54)sc3ccccc37)nc3c2ccc2ccccc23)cc1. The molecule has 0 unspecified atom stereocenters. The summed E-state index contributed by atoms with van der Waals surface area (Å²) in [6, 6.07) is 61.9. The number of thiophene rings is 1. The maximum Gasteiger partial charge on any atom is 0.235 e. The van der Waals surface area contributed by atoms with E-state index in [0.717, 1.165) is 44.0 Å². The summed E-state index contributed by atoms with van der Waals surface area (Å²) >= 11 is 1.87. The largest absolute Gasteiger partial charge is 0.307 e. The van der Waals surface area contributed by atoms with Crippen LogP contribution in [0.2, 0.25) is 0 Å². The van der Waals surface area contributed by atoms with Crippen molar-refractivity contribution in [3.05, 3.63) is 170 Å². The van der Waals surface area contributed by atoms with Gasteiger partial charge in [-0.25, -0.2) is 9.97 Å². The number of nitrogens with zero attached hydrogens (tertiary/aromatic N) is 4. The number of hydrogen-bond donors (Lipinski definition) is 0. The van der Waals surface area contributed by atoms with Gasteiger partial charge in [0.05, 0.1) is 38.8 Å². The molecule has 0 N–H and O–H groups in total. The molecule has 0 bridgehead atoms. The van der Waals surface area contributed by atoms with Gasteiger partial charge < -0.3 is 4.40 Å². The van der Waals surface area contributed by atoms with Gasteiger partial charge in [-0.1, -0.05) is 133 Å². The lowest BCUT2D eigenvalue weighted by molar-refractivity contribution is 1.02. The van der Waals surface area contributed by atoms with Gasteiger partial charge in [0.2, 0.25) is 5.95 Å². The molecule has 0 amide bonds. The molecular formula is C52H28N4S. The normalized spacial score (nSPS) is 12.6. The van der Waals surface area contributed by atoms with Crippen molar-refractivity contribution >= 4 is 124 Å². The van der Waals surface area contributed by atoms with Crippen molar-refractivity contribution in [3.8, 4) is 17.2 Å². The van der Waals surface area contributed by atoms with Crippen LogP contribution in [0.25, 0.3) is 130 Å². The van der Waals surface area contributed by atoms with Gasteiger partial charge in [0.25, 0.3) is 0 Å². The topological polar surface area (TPSA) is 35.1 Å². The Balaban J connectivity index is 1.29. The van der Waals surface area contributed by atoms with E-state index in [-0.39, 0.29) is 0 Å². The van der Waals surface area contributed by atoms with Crippen LogP contribution in [0.3, 0.4) is 0 Å². The summed E-state index contributed by atoms with van der Waals surface area (Å²) < 4.78 is 7.48.